The summed E-state index contributed by atoms with van der Waals surface area (Å²) in [5.74, 6) is -0.855. The van der Waals surface area contributed by atoms with E-state index in [4.69, 9.17) is 5.11 Å². The number of hydrogen-bond donors (Lipinski definition) is 2. The van der Waals surface area contributed by atoms with E-state index < -0.39 is 5.97 Å². The molecular formula is C12H19NO2S. The molecule has 1 heterocycles. The Hall–Kier alpha value is -0.870. The van der Waals surface area contributed by atoms with Crippen molar-refractivity contribution in [1.82, 2.24) is 5.32 Å². The predicted octanol–water partition coefficient (Wildman–Crippen LogP) is 2.97. The molecule has 16 heavy (non-hydrogen) atoms. The maximum Gasteiger partial charge on any atom is 0.336 e. The van der Waals surface area contributed by atoms with Crippen LogP contribution in [0, 0.1) is 5.41 Å². The topological polar surface area (TPSA) is 49.3 Å². The molecule has 0 aliphatic carbocycles. The molecule has 0 aromatic carbocycles. The fourth-order valence-electron chi connectivity index (χ4n) is 1.15. The van der Waals surface area contributed by atoms with Crippen LogP contribution >= 0.6 is 11.3 Å². The maximum absolute atomic E-state index is 10.7. The van der Waals surface area contributed by atoms with Crippen LogP contribution in [0.15, 0.2) is 11.4 Å². The molecule has 0 radical (unpaired) electrons. The highest BCUT2D eigenvalue weighted by Crippen LogP contribution is 2.20. The molecule has 0 aliphatic rings. The molecule has 0 saturated carbocycles. The monoisotopic (exact) mass is 241 g/mol. The number of aromatic carboxylic acids is 1. The minimum absolute atomic E-state index is 0.215. The zero-order valence-corrected chi connectivity index (χ0v) is 11.0. The van der Waals surface area contributed by atoms with Crippen molar-refractivity contribution in [2.24, 2.45) is 5.41 Å². The van der Waals surface area contributed by atoms with E-state index in [0.717, 1.165) is 11.4 Å². The van der Waals surface area contributed by atoms with E-state index in [2.05, 4.69) is 33.0 Å². The molecule has 1 aromatic rings. The summed E-state index contributed by atoms with van der Waals surface area (Å²) in [5.41, 5.74) is 0.595. The molecule has 1 atom stereocenters. The van der Waals surface area contributed by atoms with Gasteiger partial charge in [0.15, 0.2) is 0 Å². The zero-order valence-electron chi connectivity index (χ0n) is 10.2. The SMILES string of the molecule is CC(NCc1cc(C(=O)O)cs1)C(C)(C)C. The Morgan fingerprint density at radius 2 is 2.19 bits per heavy atom. The van der Waals surface area contributed by atoms with Crippen LogP contribution in [0.1, 0.15) is 42.9 Å². The molecule has 0 spiro atoms. The fraction of sp³-hybridized carbons (Fsp3) is 0.583. The summed E-state index contributed by atoms with van der Waals surface area (Å²) in [4.78, 5) is 11.8. The first-order valence-electron chi connectivity index (χ1n) is 5.35. The molecule has 3 nitrogen and oxygen atoms in total. The molecule has 1 aromatic heterocycles. The molecule has 90 valence electrons. The van der Waals surface area contributed by atoms with Crippen LogP contribution < -0.4 is 5.32 Å². The number of carboxylic acid groups (broad SMARTS) is 1. The first-order chi connectivity index (χ1) is 7.30. The van der Waals surface area contributed by atoms with E-state index in [1.165, 1.54) is 11.3 Å². The minimum atomic E-state index is -0.855. The smallest absolute Gasteiger partial charge is 0.336 e. The Morgan fingerprint density at radius 1 is 1.56 bits per heavy atom. The molecule has 1 rings (SSSR count). The number of hydrogen-bond acceptors (Lipinski definition) is 3. The maximum atomic E-state index is 10.7. The Labute approximate surface area is 100 Å². The van der Waals surface area contributed by atoms with Gasteiger partial charge in [0.2, 0.25) is 0 Å². The second-order valence-corrected chi connectivity index (χ2v) is 6.07. The van der Waals surface area contributed by atoms with Crippen molar-refractivity contribution in [3.63, 3.8) is 0 Å². The second kappa shape index (κ2) is 4.97. The summed E-state index contributed by atoms with van der Waals surface area (Å²) in [6, 6.07) is 2.12. The summed E-state index contributed by atoms with van der Waals surface area (Å²) in [6.07, 6.45) is 0. The average Bonchev–Trinajstić information content (AvgIpc) is 2.60. The molecular weight excluding hydrogens is 222 g/mol. The number of thiophene rings is 1. The van der Waals surface area contributed by atoms with Gasteiger partial charge in [-0.2, -0.15) is 0 Å². The molecule has 0 bridgehead atoms. The van der Waals surface area contributed by atoms with Gasteiger partial charge in [-0.1, -0.05) is 20.8 Å². The number of carbonyl (C=O) groups is 1. The summed E-state index contributed by atoms with van der Waals surface area (Å²) in [7, 11) is 0. The van der Waals surface area contributed by atoms with Gasteiger partial charge in [0, 0.05) is 22.8 Å². The van der Waals surface area contributed by atoms with E-state index in [-0.39, 0.29) is 5.41 Å². The molecule has 4 heteroatoms. The lowest BCUT2D eigenvalue weighted by Gasteiger charge is -2.28. The van der Waals surface area contributed by atoms with E-state index >= 15 is 0 Å². The van der Waals surface area contributed by atoms with Crippen molar-refractivity contribution in [3.05, 3.63) is 21.9 Å². The highest BCUT2D eigenvalue weighted by atomic mass is 32.1. The van der Waals surface area contributed by atoms with E-state index in [1.807, 2.05) is 0 Å². The lowest BCUT2D eigenvalue weighted by atomic mass is 9.88. The lowest BCUT2D eigenvalue weighted by molar-refractivity contribution is 0.0697. The van der Waals surface area contributed by atoms with Gasteiger partial charge in [-0.05, 0) is 18.4 Å². The highest BCUT2D eigenvalue weighted by Gasteiger charge is 2.19. The number of carboxylic acids is 1. The third-order valence-electron chi connectivity index (χ3n) is 2.78. The molecule has 0 fully saturated rings. The standard InChI is InChI=1S/C12H19NO2S/c1-8(12(2,3)4)13-6-10-5-9(7-16-10)11(14)15/h5,7-8,13H,6H2,1-4H3,(H,14,15). The first-order valence-corrected chi connectivity index (χ1v) is 6.23. The summed E-state index contributed by atoms with van der Waals surface area (Å²) in [5, 5.41) is 13.9. The Bertz CT molecular complexity index is 365. The third-order valence-corrected chi connectivity index (χ3v) is 3.72. The molecule has 0 amide bonds. The van der Waals surface area contributed by atoms with Crippen molar-refractivity contribution in [1.29, 1.82) is 0 Å². The Balaban J connectivity index is 2.52. The van der Waals surface area contributed by atoms with Crippen molar-refractivity contribution < 1.29 is 9.90 Å². The zero-order chi connectivity index (χ0) is 12.3. The normalized spacial score (nSPS) is 13.8. The van der Waals surface area contributed by atoms with Crippen molar-refractivity contribution in [3.8, 4) is 0 Å². The van der Waals surface area contributed by atoms with Crippen molar-refractivity contribution in [2.75, 3.05) is 0 Å². The van der Waals surface area contributed by atoms with Gasteiger partial charge < -0.3 is 10.4 Å². The van der Waals surface area contributed by atoms with E-state index in [9.17, 15) is 4.79 Å². The minimum Gasteiger partial charge on any atom is -0.478 e. The summed E-state index contributed by atoms with van der Waals surface area (Å²) >= 11 is 1.49. The van der Waals surface area contributed by atoms with Crippen LogP contribution in [0.4, 0.5) is 0 Å². The van der Waals surface area contributed by atoms with Gasteiger partial charge in [-0.15, -0.1) is 11.3 Å². The van der Waals surface area contributed by atoms with Gasteiger partial charge in [0.25, 0.3) is 0 Å². The second-order valence-electron chi connectivity index (χ2n) is 5.08. The largest absolute Gasteiger partial charge is 0.478 e. The summed E-state index contributed by atoms with van der Waals surface area (Å²) in [6.45, 7) is 9.42. The quantitative estimate of drug-likeness (QED) is 0.852. The predicted molar refractivity (Wildman–Crippen MR) is 67.0 cm³/mol. The Morgan fingerprint density at radius 3 is 2.62 bits per heavy atom. The van der Waals surface area contributed by atoms with Gasteiger partial charge in [-0.25, -0.2) is 4.79 Å². The Kier molecular flexibility index (Phi) is 4.10. The van der Waals surface area contributed by atoms with Gasteiger partial charge >= 0.3 is 5.97 Å². The lowest BCUT2D eigenvalue weighted by Crippen LogP contribution is -2.36. The summed E-state index contributed by atoms with van der Waals surface area (Å²) < 4.78 is 0. The van der Waals surface area contributed by atoms with Gasteiger partial charge in [0.1, 0.15) is 0 Å². The van der Waals surface area contributed by atoms with Crippen LogP contribution in [0.3, 0.4) is 0 Å². The first kappa shape index (κ1) is 13.2. The van der Waals surface area contributed by atoms with Crippen molar-refractivity contribution in [2.45, 2.75) is 40.3 Å². The van der Waals surface area contributed by atoms with E-state index in [1.54, 1.807) is 11.4 Å². The number of nitrogens with one attached hydrogen (secondary N) is 1. The van der Waals surface area contributed by atoms with Gasteiger partial charge in [-0.3, -0.25) is 0 Å². The third kappa shape index (κ3) is 3.61. The molecule has 0 saturated heterocycles. The van der Waals surface area contributed by atoms with Crippen LogP contribution in [0.5, 0.6) is 0 Å². The highest BCUT2D eigenvalue weighted by molar-refractivity contribution is 7.10. The van der Waals surface area contributed by atoms with Crippen LogP contribution in [-0.4, -0.2) is 17.1 Å². The average molecular weight is 241 g/mol. The van der Waals surface area contributed by atoms with Crippen LogP contribution in [0.2, 0.25) is 0 Å². The molecule has 2 N–H and O–H groups in total. The van der Waals surface area contributed by atoms with E-state index in [0.29, 0.717) is 11.6 Å². The molecule has 0 aliphatic heterocycles. The van der Waals surface area contributed by atoms with Crippen LogP contribution in [-0.2, 0) is 6.54 Å². The fourth-order valence-corrected chi connectivity index (χ4v) is 1.95. The van der Waals surface area contributed by atoms with Gasteiger partial charge in [0.05, 0.1) is 5.56 Å². The van der Waals surface area contributed by atoms with Crippen molar-refractivity contribution >= 4 is 17.3 Å². The van der Waals surface area contributed by atoms with Crippen LogP contribution in [0.25, 0.3) is 0 Å². The molecule has 1 unspecified atom stereocenters. The number of rotatable bonds is 4.